The number of nitrogens with one attached hydrogen (secondary N) is 1. The smallest absolute Gasteiger partial charge is 0.0255 e. The first-order valence-corrected chi connectivity index (χ1v) is 4.12. The van der Waals surface area contributed by atoms with E-state index in [1.807, 2.05) is 6.92 Å². The van der Waals surface area contributed by atoms with Crippen molar-refractivity contribution in [2.45, 2.75) is 46.1 Å². The molecule has 1 atom stereocenters. The zero-order valence-corrected chi connectivity index (χ0v) is 7.41. The second-order valence-corrected chi connectivity index (χ2v) is 2.82. The average Bonchev–Trinajstić information content (AvgIpc) is 1.86. The van der Waals surface area contributed by atoms with Gasteiger partial charge in [-0.05, 0) is 19.8 Å². The summed E-state index contributed by atoms with van der Waals surface area (Å²) in [7, 11) is 0. The summed E-state index contributed by atoms with van der Waals surface area (Å²) < 4.78 is 0. The van der Waals surface area contributed by atoms with Gasteiger partial charge in [-0.25, -0.2) is 0 Å². The molecule has 0 bridgehead atoms. The topological polar surface area (TPSA) is 12.0 Å². The number of allylic oxidation sites excluding steroid dienone is 1. The maximum absolute atomic E-state index is 3.81. The summed E-state index contributed by atoms with van der Waals surface area (Å²) in [6, 6.07) is 0.641. The fourth-order valence-corrected chi connectivity index (χ4v) is 1.08. The molecule has 0 aliphatic carbocycles. The molecule has 0 radical (unpaired) electrons. The molecule has 0 aromatic rings. The average molecular weight is 141 g/mol. The first-order chi connectivity index (χ1) is 4.70. The van der Waals surface area contributed by atoms with Crippen LogP contribution >= 0.6 is 0 Å². The zero-order valence-electron chi connectivity index (χ0n) is 7.41. The van der Waals surface area contributed by atoms with Crippen LogP contribution < -0.4 is 5.32 Å². The molecule has 0 heterocycles. The van der Waals surface area contributed by atoms with E-state index in [1.54, 1.807) is 0 Å². The molecule has 60 valence electrons. The molecule has 1 heteroatoms. The normalized spacial score (nSPS) is 12.7. The minimum Gasteiger partial charge on any atom is -0.386 e. The van der Waals surface area contributed by atoms with Crippen molar-refractivity contribution in [3.05, 3.63) is 12.3 Å². The van der Waals surface area contributed by atoms with E-state index in [1.165, 1.54) is 19.3 Å². The Balaban J connectivity index is 3.49. The molecule has 0 rings (SSSR count). The summed E-state index contributed by atoms with van der Waals surface area (Å²) in [5.74, 6) is 0. The third kappa shape index (κ3) is 4.42. The fourth-order valence-electron chi connectivity index (χ4n) is 1.08. The molecule has 0 saturated heterocycles. The lowest BCUT2D eigenvalue weighted by atomic mass is 10.1. The minimum absolute atomic E-state index is 0.641. The van der Waals surface area contributed by atoms with Crippen molar-refractivity contribution in [2.24, 2.45) is 0 Å². The van der Waals surface area contributed by atoms with Gasteiger partial charge in [0.2, 0.25) is 0 Å². The molecule has 10 heavy (non-hydrogen) atoms. The Morgan fingerprint density at radius 1 is 1.50 bits per heavy atom. The van der Waals surface area contributed by atoms with Crippen molar-refractivity contribution < 1.29 is 0 Å². The Bertz CT molecular complexity index is 96.9. The predicted octanol–water partition coefficient (Wildman–Crippen LogP) is 2.69. The summed E-state index contributed by atoms with van der Waals surface area (Å²) >= 11 is 0. The summed E-state index contributed by atoms with van der Waals surface area (Å²) in [6.07, 6.45) is 3.70. The second kappa shape index (κ2) is 5.33. The molecule has 0 spiro atoms. The summed E-state index contributed by atoms with van der Waals surface area (Å²) in [4.78, 5) is 0. The van der Waals surface area contributed by atoms with Gasteiger partial charge < -0.3 is 5.32 Å². The highest BCUT2D eigenvalue weighted by molar-refractivity contribution is 4.87. The largest absolute Gasteiger partial charge is 0.386 e. The van der Waals surface area contributed by atoms with E-state index in [2.05, 4.69) is 25.7 Å². The fraction of sp³-hybridized carbons (Fsp3) is 0.778. The molecule has 0 fully saturated rings. The highest BCUT2D eigenvalue weighted by atomic mass is 14.9. The van der Waals surface area contributed by atoms with Crippen molar-refractivity contribution in [3.63, 3.8) is 0 Å². The Kier molecular flexibility index (Phi) is 5.09. The van der Waals surface area contributed by atoms with Crippen molar-refractivity contribution in [3.8, 4) is 0 Å². The number of hydrogen-bond donors (Lipinski definition) is 1. The van der Waals surface area contributed by atoms with Gasteiger partial charge in [-0.2, -0.15) is 0 Å². The lowest BCUT2D eigenvalue weighted by Gasteiger charge is -2.16. The molecular weight excluding hydrogens is 122 g/mol. The van der Waals surface area contributed by atoms with Crippen LogP contribution in [0.5, 0.6) is 0 Å². The summed E-state index contributed by atoms with van der Waals surface area (Å²) in [5.41, 5.74) is 1.08. The maximum Gasteiger partial charge on any atom is 0.0255 e. The van der Waals surface area contributed by atoms with Gasteiger partial charge in [-0.1, -0.05) is 26.8 Å². The van der Waals surface area contributed by atoms with Crippen LogP contribution in [-0.4, -0.2) is 6.04 Å². The molecule has 0 aliphatic heterocycles. The van der Waals surface area contributed by atoms with E-state index in [4.69, 9.17) is 0 Å². The predicted molar refractivity (Wildman–Crippen MR) is 46.9 cm³/mol. The van der Waals surface area contributed by atoms with Crippen LogP contribution in [0.1, 0.15) is 40.0 Å². The number of hydrogen-bond acceptors (Lipinski definition) is 1. The molecule has 0 saturated carbocycles. The first-order valence-electron chi connectivity index (χ1n) is 4.12. The van der Waals surface area contributed by atoms with Gasteiger partial charge in [0.25, 0.3) is 0 Å². The lowest BCUT2D eigenvalue weighted by molar-refractivity contribution is 0.506. The van der Waals surface area contributed by atoms with Crippen LogP contribution in [0.3, 0.4) is 0 Å². The zero-order chi connectivity index (χ0) is 7.98. The van der Waals surface area contributed by atoms with E-state index < -0.39 is 0 Å². The van der Waals surface area contributed by atoms with Gasteiger partial charge in [-0.15, -0.1) is 0 Å². The van der Waals surface area contributed by atoms with Crippen LogP contribution in [-0.2, 0) is 0 Å². The van der Waals surface area contributed by atoms with Crippen LogP contribution in [0, 0.1) is 0 Å². The van der Waals surface area contributed by atoms with Crippen LogP contribution in [0.15, 0.2) is 12.3 Å². The molecular formula is C9H19N. The summed E-state index contributed by atoms with van der Waals surface area (Å²) in [5, 5.41) is 3.34. The highest BCUT2D eigenvalue weighted by Crippen LogP contribution is 2.02. The van der Waals surface area contributed by atoms with Crippen LogP contribution in [0.25, 0.3) is 0 Å². The monoisotopic (exact) mass is 141 g/mol. The van der Waals surface area contributed by atoms with E-state index >= 15 is 0 Å². The van der Waals surface area contributed by atoms with Gasteiger partial charge >= 0.3 is 0 Å². The van der Waals surface area contributed by atoms with Crippen LogP contribution in [0.4, 0.5) is 0 Å². The molecule has 1 unspecified atom stereocenters. The highest BCUT2D eigenvalue weighted by Gasteiger charge is 2.01. The Morgan fingerprint density at radius 3 is 2.40 bits per heavy atom. The SMILES string of the molecule is C=C(C)NC(CC)CCC. The third-order valence-electron chi connectivity index (χ3n) is 1.58. The lowest BCUT2D eigenvalue weighted by Crippen LogP contribution is -2.25. The molecule has 0 aliphatic rings. The third-order valence-corrected chi connectivity index (χ3v) is 1.58. The Morgan fingerprint density at radius 2 is 2.10 bits per heavy atom. The van der Waals surface area contributed by atoms with Gasteiger partial charge in [0.1, 0.15) is 0 Å². The Labute approximate surface area is 64.5 Å². The van der Waals surface area contributed by atoms with Crippen molar-refractivity contribution in [1.82, 2.24) is 5.32 Å². The standard InChI is InChI=1S/C9H19N/c1-5-7-9(6-2)10-8(3)4/h9-10H,3,5-7H2,1-2,4H3. The Hall–Kier alpha value is -0.460. The quantitative estimate of drug-likeness (QED) is 0.620. The van der Waals surface area contributed by atoms with Crippen molar-refractivity contribution >= 4 is 0 Å². The van der Waals surface area contributed by atoms with E-state index in [9.17, 15) is 0 Å². The van der Waals surface area contributed by atoms with Gasteiger partial charge in [0.05, 0.1) is 0 Å². The van der Waals surface area contributed by atoms with Gasteiger partial charge in [-0.3, -0.25) is 0 Å². The molecule has 0 aromatic carbocycles. The summed E-state index contributed by atoms with van der Waals surface area (Å²) in [6.45, 7) is 10.2. The molecule has 0 aromatic heterocycles. The van der Waals surface area contributed by atoms with Crippen molar-refractivity contribution in [1.29, 1.82) is 0 Å². The minimum atomic E-state index is 0.641. The van der Waals surface area contributed by atoms with Gasteiger partial charge in [0.15, 0.2) is 0 Å². The molecule has 1 nitrogen and oxygen atoms in total. The van der Waals surface area contributed by atoms with Gasteiger partial charge in [0, 0.05) is 11.7 Å². The second-order valence-electron chi connectivity index (χ2n) is 2.82. The van der Waals surface area contributed by atoms with Crippen LogP contribution in [0.2, 0.25) is 0 Å². The first kappa shape index (κ1) is 9.54. The van der Waals surface area contributed by atoms with E-state index in [0.29, 0.717) is 6.04 Å². The van der Waals surface area contributed by atoms with E-state index in [-0.39, 0.29) is 0 Å². The van der Waals surface area contributed by atoms with Crippen molar-refractivity contribution in [2.75, 3.05) is 0 Å². The van der Waals surface area contributed by atoms with E-state index in [0.717, 1.165) is 5.70 Å². The maximum atomic E-state index is 3.81. The number of rotatable bonds is 5. The molecule has 1 N–H and O–H groups in total. The molecule has 0 amide bonds.